The summed E-state index contributed by atoms with van der Waals surface area (Å²) in [5.74, 6) is -0.757. The molecule has 0 saturated carbocycles. The summed E-state index contributed by atoms with van der Waals surface area (Å²) in [6.45, 7) is 9.41. The van der Waals surface area contributed by atoms with Gasteiger partial charge in [-0.05, 0) is 80.6 Å². The number of sulfonamides is 1. The lowest BCUT2D eigenvalue weighted by molar-refractivity contribution is -0.140. The lowest BCUT2D eigenvalue weighted by Crippen LogP contribution is -2.54. The number of nitrogens with one attached hydrogen (secondary N) is 1. The van der Waals surface area contributed by atoms with Gasteiger partial charge in [0, 0.05) is 19.0 Å². The van der Waals surface area contributed by atoms with Gasteiger partial charge in [0.1, 0.15) is 12.6 Å². The second-order valence-electron chi connectivity index (χ2n) is 11.6. The van der Waals surface area contributed by atoms with Crippen molar-refractivity contribution in [3.05, 3.63) is 131 Å². The Bertz CT molecular complexity index is 1710. The Labute approximate surface area is 268 Å². The zero-order chi connectivity index (χ0) is 32.6. The summed E-state index contributed by atoms with van der Waals surface area (Å²) in [4.78, 5) is 30.1. The van der Waals surface area contributed by atoms with Gasteiger partial charge in [0.15, 0.2) is 0 Å². The minimum Gasteiger partial charge on any atom is -0.352 e. The van der Waals surface area contributed by atoms with E-state index < -0.39 is 28.5 Å². The largest absolute Gasteiger partial charge is 0.352 e. The van der Waals surface area contributed by atoms with Crippen molar-refractivity contribution in [2.75, 3.05) is 10.8 Å². The van der Waals surface area contributed by atoms with Gasteiger partial charge < -0.3 is 10.2 Å². The van der Waals surface area contributed by atoms with Crippen molar-refractivity contribution in [3.63, 3.8) is 0 Å². The molecule has 0 unspecified atom stereocenters. The van der Waals surface area contributed by atoms with Crippen LogP contribution in [0.25, 0.3) is 0 Å². The van der Waals surface area contributed by atoms with E-state index in [-0.39, 0.29) is 29.8 Å². The number of benzene rings is 4. The highest BCUT2D eigenvalue weighted by atomic mass is 32.2. The van der Waals surface area contributed by atoms with Crippen LogP contribution in [-0.4, -0.2) is 43.8 Å². The molecule has 1 N–H and O–H groups in total. The fourth-order valence-electron chi connectivity index (χ4n) is 5.13. The molecule has 0 fully saturated rings. The highest BCUT2D eigenvalue weighted by Gasteiger charge is 2.35. The highest BCUT2D eigenvalue weighted by molar-refractivity contribution is 7.92. The van der Waals surface area contributed by atoms with Crippen molar-refractivity contribution in [1.82, 2.24) is 10.2 Å². The smallest absolute Gasteiger partial charge is 0.264 e. The third kappa shape index (κ3) is 8.60. The van der Waals surface area contributed by atoms with Gasteiger partial charge in [-0.25, -0.2) is 8.42 Å². The normalized spacial score (nSPS) is 12.6. The number of anilines is 1. The fraction of sp³-hybridized carbons (Fsp3) is 0.297. The molecule has 4 aromatic rings. The zero-order valence-electron chi connectivity index (χ0n) is 26.7. The van der Waals surface area contributed by atoms with Crippen LogP contribution in [0, 0.1) is 20.8 Å². The van der Waals surface area contributed by atoms with Crippen molar-refractivity contribution in [2.45, 2.75) is 71.0 Å². The predicted octanol–water partition coefficient (Wildman–Crippen LogP) is 6.36. The molecule has 236 valence electrons. The number of carbonyl (C=O) groups is 2. The number of aryl methyl sites for hydroxylation is 3. The monoisotopic (exact) mass is 625 g/mol. The third-order valence-electron chi connectivity index (χ3n) is 8.10. The van der Waals surface area contributed by atoms with Gasteiger partial charge in [-0.3, -0.25) is 13.9 Å². The first-order chi connectivity index (χ1) is 21.5. The van der Waals surface area contributed by atoms with Gasteiger partial charge in [0.25, 0.3) is 10.0 Å². The van der Waals surface area contributed by atoms with Crippen molar-refractivity contribution < 1.29 is 18.0 Å². The second-order valence-corrected chi connectivity index (χ2v) is 13.5. The van der Waals surface area contributed by atoms with Gasteiger partial charge in [0.05, 0.1) is 10.6 Å². The molecule has 0 saturated heterocycles. The van der Waals surface area contributed by atoms with E-state index in [0.717, 1.165) is 38.5 Å². The van der Waals surface area contributed by atoms with Gasteiger partial charge in [-0.15, -0.1) is 0 Å². The Balaban J connectivity index is 1.82. The van der Waals surface area contributed by atoms with E-state index in [2.05, 4.69) is 5.32 Å². The van der Waals surface area contributed by atoms with E-state index in [1.54, 1.807) is 30.3 Å². The molecule has 45 heavy (non-hydrogen) atoms. The van der Waals surface area contributed by atoms with Crippen LogP contribution in [0.2, 0.25) is 0 Å². The number of amides is 2. The second kappa shape index (κ2) is 15.0. The van der Waals surface area contributed by atoms with Crippen molar-refractivity contribution >= 4 is 27.5 Å². The summed E-state index contributed by atoms with van der Waals surface area (Å²) >= 11 is 0. The molecule has 2 atom stereocenters. The first-order valence-electron chi connectivity index (χ1n) is 15.3. The quantitative estimate of drug-likeness (QED) is 0.187. The molecule has 0 aliphatic rings. The van der Waals surface area contributed by atoms with E-state index in [1.165, 1.54) is 17.0 Å². The van der Waals surface area contributed by atoms with Gasteiger partial charge in [0.2, 0.25) is 11.8 Å². The van der Waals surface area contributed by atoms with Crippen molar-refractivity contribution in [2.24, 2.45) is 0 Å². The first kappa shape index (κ1) is 33.5. The summed E-state index contributed by atoms with van der Waals surface area (Å²) < 4.78 is 29.4. The van der Waals surface area contributed by atoms with Crippen LogP contribution in [0.3, 0.4) is 0 Å². The molecule has 7 nitrogen and oxygen atoms in total. The Kier molecular flexibility index (Phi) is 11.2. The lowest BCUT2D eigenvalue weighted by Gasteiger charge is -2.34. The molecule has 0 spiro atoms. The Morgan fingerprint density at radius 1 is 0.778 bits per heavy atom. The molecule has 0 aliphatic heterocycles. The maximum absolute atomic E-state index is 14.6. The first-order valence-corrected chi connectivity index (χ1v) is 16.8. The number of hydrogen-bond donors (Lipinski definition) is 1. The van der Waals surface area contributed by atoms with Crippen molar-refractivity contribution in [1.29, 1.82) is 0 Å². The van der Waals surface area contributed by atoms with E-state index in [1.807, 2.05) is 95.3 Å². The van der Waals surface area contributed by atoms with Gasteiger partial charge in [-0.2, -0.15) is 0 Å². The van der Waals surface area contributed by atoms with Gasteiger partial charge in [-0.1, -0.05) is 91.3 Å². The molecule has 4 aromatic carbocycles. The summed E-state index contributed by atoms with van der Waals surface area (Å²) in [6.07, 6.45) is 1.00. The van der Waals surface area contributed by atoms with Crippen molar-refractivity contribution in [3.8, 4) is 0 Å². The van der Waals surface area contributed by atoms with E-state index in [9.17, 15) is 18.0 Å². The SMILES string of the molecule is CC[C@H](C)NC(=O)[C@@H](Cc1ccccc1)N(Cc1cccc(C)c1)C(=O)CN(c1ccc(C)c(C)c1)S(=O)(=O)c1ccccc1. The topological polar surface area (TPSA) is 86.8 Å². The Morgan fingerprint density at radius 3 is 2.04 bits per heavy atom. The zero-order valence-corrected chi connectivity index (χ0v) is 27.6. The Morgan fingerprint density at radius 2 is 1.42 bits per heavy atom. The van der Waals surface area contributed by atoms with Crippen LogP contribution < -0.4 is 9.62 Å². The molecule has 8 heteroatoms. The summed E-state index contributed by atoms with van der Waals surface area (Å²) in [5, 5.41) is 3.07. The molecular weight excluding hydrogens is 582 g/mol. The molecule has 4 rings (SSSR count). The standard InChI is InChI=1S/C37H43N3O4S/c1-6-30(5)38-37(42)35(24-31-15-9-7-10-16-31)39(25-32-17-13-14-27(2)22-32)36(41)26-40(33-21-20-28(3)29(4)23-33)45(43,44)34-18-11-8-12-19-34/h7-23,30,35H,6,24-26H2,1-5H3,(H,38,42)/t30-,35+/m0/s1. The molecule has 0 heterocycles. The summed E-state index contributed by atoms with van der Waals surface area (Å²) in [6, 6.07) is 29.9. The highest BCUT2D eigenvalue weighted by Crippen LogP contribution is 2.27. The Hall–Kier alpha value is -4.43. The minimum atomic E-state index is -4.13. The van der Waals surface area contributed by atoms with Crippen LogP contribution in [0.5, 0.6) is 0 Å². The molecule has 2 amide bonds. The lowest BCUT2D eigenvalue weighted by atomic mass is 10.0. The fourth-order valence-corrected chi connectivity index (χ4v) is 6.56. The maximum Gasteiger partial charge on any atom is 0.264 e. The molecule has 0 radical (unpaired) electrons. The predicted molar refractivity (Wildman–Crippen MR) is 180 cm³/mol. The average molecular weight is 626 g/mol. The number of carbonyl (C=O) groups excluding carboxylic acids is 2. The third-order valence-corrected chi connectivity index (χ3v) is 9.88. The maximum atomic E-state index is 14.6. The average Bonchev–Trinajstić information content (AvgIpc) is 3.03. The van der Waals surface area contributed by atoms with E-state index >= 15 is 0 Å². The molecule has 0 bridgehead atoms. The van der Waals surface area contributed by atoms with Gasteiger partial charge >= 0.3 is 0 Å². The van der Waals surface area contributed by atoms with Crippen LogP contribution in [0.4, 0.5) is 5.69 Å². The molecule has 0 aliphatic carbocycles. The number of nitrogens with zero attached hydrogens (tertiary/aromatic N) is 2. The summed E-state index contributed by atoms with van der Waals surface area (Å²) in [5.41, 5.74) is 5.06. The number of hydrogen-bond acceptors (Lipinski definition) is 4. The van der Waals surface area contributed by atoms with Crippen LogP contribution in [-0.2, 0) is 32.6 Å². The minimum absolute atomic E-state index is 0.0802. The van der Waals surface area contributed by atoms with E-state index in [0.29, 0.717) is 5.69 Å². The molecule has 0 aromatic heterocycles. The molecular formula is C37H43N3O4S. The van der Waals surface area contributed by atoms with Crippen LogP contribution in [0.15, 0.2) is 108 Å². The van der Waals surface area contributed by atoms with Crippen LogP contribution >= 0.6 is 0 Å². The van der Waals surface area contributed by atoms with E-state index in [4.69, 9.17) is 0 Å². The summed E-state index contributed by atoms with van der Waals surface area (Å²) in [7, 11) is -4.13. The van der Waals surface area contributed by atoms with Crippen LogP contribution in [0.1, 0.15) is 48.1 Å². The number of rotatable bonds is 13.